The second-order valence-corrected chi connectivity index (χ2v) is 24.5. The van der Waals surface area contributed by atoms with E-state index in [0.717, 1.165) is 65.4 Å². The standard InChI is InChI=1S/C58H74F2N10O9S2.C6H14N2/c1-42-6-8-45(9-7-42)37-61-55(73)54(52-41-80-43(2)62-52)70(38-46-20-23-58(59,60)36-46)53(72)19-12-44-10-15-50(16-11-44)78-28-5-4-24-68(3)25-30-76-33-32-75-29-22-48-39-69(67-66-48)26-31-77-34-35-79-51-17-13-47(14-18-51)63-56(74)65-57-64-49(21-27-71)40-81-57;1-7-3-5-8(2)6-4-7/h6-11,13-18,27,39-41,46,54H,4-5,12,19-26,28-38H2,1-3H3,(H,61,73)(H2,63,64,65,74);3-6H2,1-2H3. The number of carbonyl (C=O) groups excluding carboxylic acids is 4. The first-order valence-electron chi connectivity index (χ1n) is 30.6. The molecule has 2 aliphatic rings. The Balaban J connectivity index is 0.00000130. The quantitative estimate of drug-likeness (QED) is 0.0247. The number of aromatic nitrogens is 5. The van der Waals surface area contributed by atoms with E-state index in [1.54, 1.807) is 39.7 Å². The number of nitrogens with one attached hydrogen (secondary N) is 3. The predicted molar refractivity (Wildman–Crippen MR) is 341 cm³/mol. The molecule has 3 N–H and O–H groups in total. The largest absolute Gasteiger partial charge is 0.494 e. The van der Waals surface area contributed by atoms with Crippen LogP contribution in [-0.4, -0.2) is 194 Å². The summed E-state index contributed by atoms with van der Waals surface area (Å²) in [5.74, 6) is -2.52. The van der Waals surface area contributed by atoms with Crippen molar-refractivity contribution in [2.45, 2.75) is 96.7 Å². The summed E-state index contributed by atoms with van der Waals surface area (Å²) in [6.07, 6.45) is 5.56. The molecule has 3 aromatic carbocycles. The number of urea groups is 1. The van der Waals surface area contributed by atoms with Gasteiger partial charge >= 0.3 is 6.03 Å². The summed E-state index contributed by atoms with van der Waals surface area (Å²) in [6, 6.07) is 21.0. The molecule has 0 radical (unpaired) electrons. The highest BCUT2D eigenvalue weighted by Crippen LogP contribution is 2.40. The summed E-state index contributed by atoms with van der Waals surface area (Å²) in [5, 5.41) is 21.4. The van der Waals surface area contributed by atoms with Crippen LogP contribution in [0.2, 0.25) is 0 Å². The Hall–Kier alpha value is -6.84. The van der Waals surface area contributed by atoms with Gasteiger partial charge in [-0.05, 0) is 121 Å². The second-order valence-electron chi connectivity index (χ2n) is 22.5. The fourth-order valence-electron chi connectivity index (χ4n) is 9.80. The van der Waals surface area contributed by atoms with E-state index in [0.29, 0.717) is 100 Å². The number of unbranched alkanes of at least 4 members (excludes halogenated alkanes) is 1. The Morgan fingerprint density at radius 3 is 2.11 bits per heavy atom. The Bertz CT molecular complexity index is 3030. The number of nitrogens with zero attached hydrogens (tertiary/aromatic N) is 9. The van der Waals surface area contributed by atoms with Gasteiger partial charge in [0.2, 0.25) is 17.7 Å². The topological polar surface area (TPSA) is 220 Å². The predicted octanol–water partition coefficient (Wildman–Crippen LogP) is 8.77. The van der Waals surface area contributed by atoms with Crippen LogP contribution in [0, 0.1) is 19.8 Å². The minimum Gasteiger partial charge on any atom is -0.494 e. The fourth-order valence-corrected chi connectivity index (χ4v) is 11.1. The van der Waals surface area contributed by atoms with Gasteiger partial charge in [0.25, 0.3) is 0 Å². The number of hydrogen-bond donors (Lipinski definition) is 3. The average molecular weight is 1270 g/mol. The van der Waals surface area contributed by atoms with Crippen molar-refractivity contribution in [3.05, 3.63) is 129 Å². The van der Waals surface area contributed by atoms with Crippen LogP contribution in [0.5, 0.6) is 11.5 Å². The molecule has 89 heavy (non-hydrogen) atoms. The van der Waals surface area contributed by atoms with E-state index in [9.17, 15) is 28.0 Å². The molecule has 21 nitrogen and oxygen atoms in total. The molecule has 2 unspecified atom stereocenters. The molecule has 2 fully saturated rings. The number of carbonyl (C=O) groups is 4. The number of anilines is 2. The molecular weight excluding hydrogens is 1180 g/mol. The highest BCUT2D eigenvalue weighted by molar-refractivity contribution is 7.14. The molecule has 25 heteroatoms. The van der Waals surface area contributed by atoms with E-state index in [2.05, 4.69) is 72.1 Å². The van der Waals surface area contributed by atoms with Gasteiger partial charge in [-0.25, -0.2) is 28.2 Å². The van der Waals surface area contributed by atoms with E-state index < -0.39 is 29.8 Å². The van der Waals surface area contributed by atoms with Crippen molar-refractivity contribution in [3.8, 4) is 11.5 Å². The summed E-state index contributed by atoms with van der Waals surface area (Å²) in [6.45, 7) is 15.1. The number of aldehydes is 1. The Morgan fingerprint density at radius 2 is 1.43 bits per heavy atom. The fraction of sp³-hybridized carbons (Fsp3) is 0.531. The number of piperazine rings is 1. The van der Waals surface area contributed by atoms with Crippen LogP contribution in [0.4, 0.5) is 24.4 Å². The van der Waals surface area contributed by atoms with Gasteiger partial charge in [0, 0.05) is 101 Å². The smallest absolute Gasteiger partial charge is 0.325 e. The number of likely N-dealkylation sites (N-methyl/N-ethyl adjacent to an activating group) is 3. The number of thiazole rings is 2. The number of ether oxygens (including phenoxy) is 5. The van der Waals surface area contributed by atoms with Crippen molar-refractivity contribution in [2.75, 3.05) is 130 Å². The first-order chi connectivity index (χ1) is 43.1. The molecule has 3 aromatic heterocycles. The third kappa shape index (κ3) is 25.9. The molecule has 0 spiro atoms. The first-order valence-corrected chi connectivity index (χ1v) is 32.3. The zero-order chi connectivity index (χ0) is 63.2. The zero-order valence-electron chi connectivity index (χ0n) is 52.0. The van der Waals surface area contributed by atoms with Crippen molar-refractivity contribution in [3.63, 3.8) is 0 Å². The Morgan fingerprint density at radius 1 is 0.753 bits per heavy atom. The summed E-state index contributed by atoms with van der Waals surface area (Å²) in [7, 11) is 6.42. The summed E-state index contributed by atoms with van der Waals surface area (Å²) < 4.78 is 59.6. The molecule has 6 aromatic rings. The minimum atomic E-state index is -2.79. The van der Waals surface area contributed by atoms with Crippen molar-refractivity contribution in [1.82, 2.24) is 49.9 Å². The summed E-state index contributed by atoms with van der Waals surface area (Å²) in [5.41, 5.74) is 5.40. The van der Waals surface area contributed by atoms with Gasteiger partial charge in [0.15, 0.2) is 11.2 Å². The van der Waals surface area contributed by atoms with Crippen LogP contribution in [0.25, 0.3) is 0 Å². The van der Waals surface area contributed by atoms with Crippen LogP contribution in [-0.2, 0) is 60.9 Å². The number of alkyl halides is 2. The maximum absolute atomic E-state index is 14.4. The van der Waals surface area contributed by atoms with Gasteiger partial charge in [0.05, 0.1) is 74.9 Å². The lowest BCUT2D eigenvalue weighted by atomic mass is 10.0. The lowest BCUT2D eigenvalue weighted by Crippen LogP contribution is -2.45. The van der Waals surface area contributed by atoms with Gasteiger partial charge in [0.1, 0.15) is 24.4 Å². The SMILES string of the molecule is CN1CCN(C)CC1.Cc1ccc(CNC(=O)C(c2csc(C)n2)N(CC2CCC(F)(F)C2)C(=O)CCc2ccc(OCCCCN(C)CCOCCOCCc3cn(CCOCCOc4ccc(NC(=O)Nc5nc(CC=O)cs5)cc4)nn3)cc2)cc1. The number of halogens is 2. The molecule has 484 valence electrons. The lowest BCUT2D eigenvalue weighted by molar-refractivity contribution is -0.142. The molecule has 1 aliphatic carbocycles. The molecule has 4 amide bonds. The summed E-state index contributed by atoms with van der Waals surface area (Å²) >= 11 is 2.63. The van der Waals surface area contributed by atoms with Crippen LogP contribution in [0.15, 0.2) is 89.8 Å². The second kappa shape index (κ2) is 37.4. The van der Waals surface area contributed by atoms with E-state index in [4.69, 9.17) is 23.7 Å². The average Bonchev–Trinajstić information content (AvgIpc) is 2.21. The van der Waals surface area contributed by atoms with E-state index >= 15 is 0 Å². The number of rotatable bonds is 36. The van der Waals surface area contributed by atoms with Crippen LogP contribution in [0.1, 0.15) is 83.3 Å². The highest BCUT2D eigenvalue weighted by Gasteiger charge is 2.42. The molecular formula is C64H88F2N12O9S2. The van der Waals surface area contributed by atoms with Crippen LogP contribution in [0.3, 0.4) is 0 Å². The lowest BCUT2D eigenvalue weighted by Gasteiger charge is -2.32. The molecule has 0 bridgehead atoms. The van der Waals surface area contributed by atoms with Gasteiger partial charge in [-0.2, -0.15) is 0 Å². The molecule has 4 heterocycles. The number of benzene rings is 3. The van der Waals surface area contributed by atoms with Gasteiger partial charge in [-0.1, -0.05) is 47.2 Å². The van der Waals surface area contributed by atoms with Crippen molar-refractivity contribution < 1.29 is 51.6 Å². The number of aryl methyl sites for hydroxylation is 3. The highest BCUT2D eigenvalue weighted by atomic mass is 32.1. The van der Waals surface area contributed by atoms with Crippen molar-refractivity contribution in [2.24, 2.45) is 5.92 Å². The third-order valence-corrected chi connectivity index (χ3v) is 16.6. The Kier molecular flexibility index (Phi) is 29.2. The van der Waals surface area contributed by atoms with Crippen molar-refractivity contribution >= 4 is 57.6 Å². The van der Waals surface area contributed by atoms with Gasteiger partial charge in [-0.15, -0.1) is 27.8 Å². The Labute approximate surface area is 529 Å². The van der Waals surface area contributed by atoms with E-state index in [1.807, 2.05) is 68.6 Å². The van der Waals surface area contributed by atoms with Gasteiger partial charge in [-0.3, -0.25) is 14.9 Å². The first kappa shape index (κ1) is 69.6. The third-order valence-electron chi connectivity index (χ3n) is 15.0. The zero-order valence-corrected chi connectivity index (χ0v) is 53.7. The minimum absolute atomic E-state index is 0.0464. The normalized spacial score (nSPS) is 15.3. The molecule has 8 rings (SSSR count). The number of amides is 4. The maximum Gasteiger partial charge on any atom is 0.325 e. The molecule has 2 atom stereocenters. The van der Waals surface area contributed by atoms with Gasteiger partial charge < -0.3 is 58.7 Å². The molecule has 1 saturated carbocycles. The number of hydrogen-bond acceptors (Lipinski definition) is 18. The van der Waals surface area contributed by atoms with Crippen molar-refractivity contribution in [1.29, 1.82) is 0 Å². The maximum atomic E-state index is 14.4. The molecule has 1 aliphatic heterocycles. The van der Waals surface area contributed by atoms with Crippen LogP contribution >= 0.6 is 22.7 Å². The van der Waals surface area contributed by atoms with E-state index in [-0.39, 0.29) is 51.1 Å². The van der Waals surface area contributed by atoms with Crippen LogP contribution < -0.4 is 25.4 Å². The monoisotopic (exact) mass is 1270 g/mol. The van der Waals surface area contributed by atoms with E-state index in [1.165, 1.54) is 53.8 Å². The molecule has 1 saturated heterocycles. The summed E-state index contributed by atoms with van der Waals surface area (Å²) in [4.78, 5) is 68.3.